The minimum absolute atomic E-state index is 0.172. The fourth-order valence-corrected chi connectivity index (χ4v) is 4.22. The van der Waals surface area contributed by atoms with Gasteiger partial charge in [0, 0.05) is 42.0 Å². The lowest BCUT2D eigenvalue weighted by Gasteiger charge is -2.28. The van der Waals surface area contributed by atoms with Crippen LogP contribution in [0.4, 0.5) is 17.2 Å². The molecule has 2 heterocycles. The van der Waals surface area contributed by atoms with Gasteiger partial charge < -0.3 is 26.0 Å². The summed E-state index contributed by atoms with van der Waals surface area (Å²) in [6.07, 6.45) is 1.40. The van der Waals surface area contributed by atoms with E-state index in [2.05, 4.69) is 25.5 Å². The molecule has 0 aliphatic carbocycles. The summed E-state index contributed by atoms with van der Waals surface area (Å²) in [7, 11) is 0. The molecule has 0 atom stereocenters. The van der Waals surface area contributed by atoms with Crippen molar-refractivity contribution in [1.82, 2.24) is 9.97 Å². The molecular weight excluding hydrogens is 456 g/mol. The highest BCUT2D eigenvalue weighted by molar-refractivity contribution is 6.07. The van der Waals surface area contributed by atoms with Gasteiger partial charge in [0.2, 0.25) is 0 Å². The number of carbonyl (C=O) groups excluding carboxylic acids is 2. The van der Waals surface area contributed by atoms with Crippen LogP contribution in [0.5, 0.6) is 0 Å². The molecule has 3 aromatic carbocycles. The maximum absolute atomic E-state index is 12.8. The fourth-order valence-electron chi connectivity index (χ4n) is 4.22. The predicted molar refractivity (Wildman–Crippen MR) is 139 cm³/mol. The van der Waals surface area contributed by atoms with Crippen LogP contribution in [0, 0.1) is 0 Å². The van der Waals surface area contributed by atoms with E-state index in [0.717, 1.165) is 37.6 Å². The van der Waals surface area contributed by atoms with Crippen LogP contribution in [0.3, 0.4) is 0 Å². The number of para-hydroxylation sites is 1. The second kappa shape index (κ2) is 10.4. The van der Waals surface area contributed by atoms with Gasteiger partial charge in [-0.2, -0.15) is 0 Å². The molecule has 1 aliphatic heterocycles. The molecule has 5 rings (SSSR count). The first-order valence-corrected chi connectivity index (χ1v) is 11.7. The third-order valence-corrected chi connectivity index (χ3v) is 6.08. The van der Waals surface area contributed by atoms with Crippen molar-refractivity contribution in [3.63, 3.8) is 0 Å². The smallest absolute Gasteiger partial charge is 0.255 e. The van der Waals surface area contributed by atoms with Crippen LogP contribution in [0.15, 0.2) is 73.1 Å². The van der Waals surface area contributed by atoms with E-state index in [0.29, 0.717) is 40.1 Å². The fraction of sp³-hybridized carbons (Fsp3) is 0.185. The molecule has 9 nitrogen and oxygen atoms in total. The van der Waals surface area contributed by atoms with E-state index in [1.807, 2.05) is 54.6 Å². The zero-order chi connectivity index (χ0) is 24.9. The van der Waals surface area contributed by atoms with E-state index in [4.69, 9.17) is 10.5 Å². The second-order valence-corrected chi connectivity index (χ2v) is 8.44. The lowest BCUT2D eigenvalue weighted by Crippen LogP contribution is -2.36. The van der Waals surface area contributed by atoms with Gasteiger partial charge >= 0.3 is 0 Å². The van der Waals surface area contributed by atoms with Crippen LogP contribution in [-0.4, -0.2) is 48.1 Å². The van der Waals surface area contributed by atoms with Crippen LogP contribution < -0.4 is 21.3 Å². The average molecular weight is 483 g/mol. The number of fused-ring (bicyclic) bond motifs is 1. The van der Waals surface area contributed by atoms with Crippen molar-refractivity contribution < 1.29 is 14.3 Å². The first-order chi connectivity index (χ1) is 17.6. The van der Waals surface area contributed by atoms with Gasteiger partial charge in [-0.05, 0) is 54.1 Å². The third kappa shape index (κ3) is 5.11. The van der Waals surface area contributed by atoms with Crippen LogP contribution >= 0.6 is 0 Å². The first kappa shape index (κ1) is 23.3. The molecular formula is C27H26N6O3. The van der Waals surface area contributed by atoms with Crippen LogP contribution in [0.25, 0.3) is 10.9 Å². The molecule has 4 aromatic rings. The van der Waals surface area contributed by atoms with Crippen LogP contribution in [0.1, 0.15) is 26.3 Å². The molecule has 4 N–H and O–H groups in total. The van der Waals surface area contributed by atoms with E-state index in [9.17, 15) is 9.59 Å². The average Bonchev–Trinajstić information content (AvgIpc) is 2.92. The molecule has 182 valence electrons. The summed E-state index contributed by atoms with van der Waals surface area (Å²) in [6.45, 7) is 3.60. The summed E-state index contributed by atoms with van der Waals surface area (Å²) < 4.78 is 5.40. The van der Waals surface area contributed by atoms with Crippen molar-refractivity contribution in [2.24, 2.45) is 5.73 Å². The van der Waals surface area contributed by atoms with Gasteiger partial charge in [0.25, 0.3) is 11.8 Å². The molecule has 1 aliphatic rings. The molecule has 1 aromatic heterocycles. The molecule has 36 heavy (non-hydrogen) atoms. The van der Waals surface area contributed by atoms with Gasteiger partial charge in [-0.15, -0.1) is 0 Å². The maximum Gasteiger partial charge on any atom is 0.255 e. The number of amides is 2. The van der Waals surface area contributed by atoms with Crippen molar-refractivity contribution in [3.8, 4) is 0 Å². The van der Waals surface area contributed by atoms with Gasteiger partial charge in [0.05, 0.1) is 24.3 Å². The van der Waals surface area contributed by atoms with E-state index in [1.165, 1.54) is 6.33 Å². The zero-order valence-corrected chi connectivity index (χ0v) is 19.6. The number of nitrogens with two attached hydrogens (primary N) is 1. The lowest BCUT2D eigenvalue weighted by molar-refractivity contribution is 0.0998. The standard InChI is InChI=1S/C27H26N6O3/c28-25(34)22-5-2-6-23-24(22)30-17-31-26(23)29-16-18-3-1-4-20(15-18)32-27(35)19-7-9-21(10-8-19)33-11-13-36-14-12-33/h1-10,15,17H,11-14,16H2,(H2,28,34)(H,32,35)(H,29,30,31). The van der Waals surface area contributed by atoms with E-state index in [1.54, 1.807) is 12.1 Å². The van der Waals surface area contributed by atoms with Gasteiger partial charge in [0.15, 0.2) is 0 Å². The summed E-state index contributed by atoms with van der Waals surface area (Å²) in [6, 6.07) is 20.4. The SMILES string of the molecule is NC(=O)c1cccc2c(NCc3cccc(NC(=O)c4ccc(N5CCOCC5)cc4)c3)ncnc12. The molecule has 0 saturated carbocycles. The number of rotatable bonds is 7. The van der Waals surface area contributed by atoms with Gasteiger partial charge in [-0.3, -0.25) is 9.59 Å². The van der Waals surface area contributed by atoms with Crippen molar-refractivity contribution >= 4 is 39.9 Å². The normalized spacial score (nSPS) is 13.4. The largest absolute Gasteiger partial charge is 0.378 e. The molecule has 0 spiro atoms. The summed E-state index contributed by atoms with van der Waals surface area (Å²) in [5.74, 6) is -0.114. The highest BCUT2D eigenvalue weighted by Crippen LogP contribution is 2.23. The van der Waals surface area contributed by atoms with Crippen molar-refractivity contribution in [1.29, 1.82) is 0 Å². The number of nitrogens with zero attached hydrogens (tertiary/aromatic N) is 3. The van der Waals surface area contributed by atoms with Gasteiger partial charge in [0.1, 0.15) is 12.1 Å². The molecule has 0 radical (unpaired) electrons. The van der Waals surface area contributed by atoms with Crippen molar-refractivity contribution in [2.45, 2.75) is 6.54 Å². The molecule has 0 unspecified atom stereocenters. The topological polar surface area (TPSA) is 122 Å². The summed E-state index contributed by atoms with van der Waals surface area (Å²) >= 11 is 0. The van der Waals surface area contributed by atoms with E-state index in [-0.39, 0.29) is 5.91 Å². The number of benzene rings is 3. The van der Waals surface area contributed by atoms with Crippen molar-refractivity contribution in [3.05, 3.63) is 89.7 Å². The Morgan fingerprint density at radius 2 is 1.75 bits per heavy atom. The maximum atomic E-state index is 12.8. The number of anilines is 3. The highest BCUT2D eigenvalue weighted by atomic mass is 16.5. The monoisotopic (exact) mass is 482 g/mol. The molecule has 1 saturated heterocycles. The molecule has 2 amide bonds. The Morgan fingerprint density at radius 1 is 0.972 bits per heavy atom. The summed E-state index contributed by atoms with van der Waals surface area (Å²) in [5, 5.41) is 6.97. The number of hydrogen-bond donors (Lipinski definition) is 3. The number of primary amides is 1. The molecule has 9 heteroatoms. The number of carbonyl (C=O) groups is 2. The molecule has 0 bridgehead atoms. The number of ether oxygens (including phenoxy) is 1. The third-order valence-electron chi connectivity index (χ3n) is 6.08. The lowest BCUT2D eigenvalue weighted by atomic mass is 10.1. The summed E-state index contributed by atoms with van der Waals surface area (Å²) in [4.78, 5) is 35.3. The van der Waals surface area contributed by atoms with E-state index < -0.39 is 5.91 Å². The number of hydrogen-bond acceptors (Lipinski definition) is 7. The second-order valence-electron chi connectivity index (χ2n) is 8.44. The Labute approximate surface area is 208 Å². The van der Waals surface area contributed by atoms with Gasteiger partial charge in [-0.1, -0.05) is 18.2 Å². The zero-order valence-electron chi connectivity index (χ0n) is 19.6. The number of morpholine rings is 1. The first-order valence-electron chi connectivity index (χ1n) is 11.7. The highest BCUT2D eigenvalue weighted by Gasteiger charge is 2.13. The van der Waals surface area contributed by atoms with Crippen molar-refractivity contribution in [2.75, 3.05) is 41.8 Å². The quantitative estimate of drug-likeness (QED) is 0.369. The van der Waals surface area contributed by atoms with E-state index >= 15 is 0 Å². The Kier molecular flexibility index (Phi) is 6.72. The van der Waals surface area contributed by atoms with Crippen LogP contribution in [-0.2, 0) is 11.3 Å². The minimum Gasteiger partial charge on any atom is -0.378 e. The number of nitrogens with one attached hydrogen (secondary N) is 2. The summed E-state index contributed by atoms with van der Waals surface area (Å²) in [5.41, 5.74) is 9.65. The minimum atomic E-state index is -0.538. The predicted octanol–water partition coefficient (Wildman–Crippen LogP) is 3.43. The Hall–Kier alpha value is -4.50. The Morgan fingerprint density at radius 3 is 2.53 bits per heavy atom. The number of aromatic nitrogens is 2. The van der Waals surface area contributed by atoms with Gasteiger partial charge in [-0.25, -0.2) is 9.97 Å². The molecule has 1 fully saturated rings. The van der Waals surface area contributed by atoms with Crippen LogP contribution in [0.2, 0.25) is 0 Å². The Balaban J connectivity index is 1.25. The Bertz CT molecular complexity index is 1400.